The van der Waals surface area contributed by atoms with E-state index in [1.165, 1.54) is 12.1 Å². The Kier molecular flexibility index (Phi) is 11.2. The van der Waals surface area contributed by atoms with E-state index in [0.717, 1.165) is 5.56 Å². The van der Waals surface area contributed by atoms with E-state index in [2.05, 4.69) is 4.29 Å². The molecular formula is C15H23ClO7S. The Balaban J connectivity index is 2.01. The highest BCUT2D eigenvalue weighted by molar-refractivity contribution is 7.86. The zero-order valence-electron chi connectivity index (χ0n) is 13.6. The van der Waals surface area contributed by atoms with Crippen LogP contribution < -0.4 is 0 Å². The molecule has 0 aliphatic heterocycles. The average Bonchev–Trinajstić information content (AvgIpc) is 2.56. The molecule has 0 N–H and O–H groups in total. The Morgan fingerprint density at radius 2 is 1.25 bits per heavy atom. The van der Waals surface area contributed by atoms with Crippen LogP contribution >= 0.6 is 11.9 Å². The van der Waals surface area contributed by atoms with E-state index in [1.807, 2.05) is 6.92 Å². The summed E-state index contributed by atoms with van der Waals surface area (Å²) in [7, 11) is -3.74. The van der Waals surface area contributed by atoms with Crippen LogP contribution in [0.4, 0.5) is 0 Å². The van der Waals surface area contributed by atoms with Gasteiger partial charge in [-0.3, -0.25) is 8.47 Å². The SMILES string of the molecule is Cc1ccc(S(=O)(=O)OCCOCCOCCOCCOCl)cc1. The van der Waals surface area contributed by atoms with Crippen molar-refractivity contribution in [2.45, 2.75) is 11.8 Å². The van der Waals surface area contributed by atoms with E-state index in [1.54, 1.807) is 12.1 Å². The Morgan fingerprint density at radius 1 is 0.792 bits per heavy atom. The molecule has 0 heterocycles. The third-order valence-corrected chi connectivity index (χ3v) is 4.31. The van der Waals surface area contributed by atoms with Gasteiger partial charge in [0.1, 0.15) is 0 Å². The lowest BCUT2D eigenvalue weighted by molar-refractivity contribution is 0.00569. The van der Waals surface area contributed by atoms with Crippen LogP contribution in [0.3, 0.4) is 0 Å². The van der Waals surface area contributed by atoms with Crippen molar-refractivity contribution >= 4 is 22.0 Å². The first-order valence-corrected chi connectivity index (χ1v) is 9.21. The summed E-state index contributed by atoms with van der Waals surface area (Å²) in [5.74, 6) is 0. The average molecular weight is 383 g/mol. The van der Waals surface area contributed by atoms with E-state index < -0.39 is 10.1 Å². The molecule has 0 saturated heterocycles. The minimum absolute atomic E-state index is 0.0439. The van der Waals surface area contributed by atoms with Gasteiger partial charge >= 0.3 is 0 Å². The standard InChI is InChI=1S/C15H23ClO7S/c1-14-2-4-15(5-3-14)24(17,18)23-13-11-21-9-7-19-6-8-20-10-12-22-16/h2-5H,6-13H2,1H3. The highest BCUT2D eigenvalue weighted by atomic mass is 35.5. The Bertz CT molecular complexity index is 533. The summed E-state index contributed by atoms with van der Waals surface area (Å²) in [6.07, 6.45) is 0. The van der Waals surface area contributed by atoms with Gasteiger partial charge in [-0.1, -0.05) is 17.7 Å². The van der Waals surface area contributed by atoms with Crippen LogP contribution in [0.2, 0.25) is 0 Å². The van der Waals surface area contributed by atoms with Crippen molar-refractivity contribution in [3.8, 4) is 0 Å². The first-order chi connectivity index (χ1) is 11.6. The number of benzene rings is 1. The molecule has 0 fully saturated rings. The van der Waals surface area contributed by atoms with Crippen molar-refractivity contribution in [1.29, 1.82) is 0 Å². The zero-order valence-corrected chi connectivity index (χ0v) is 15.2. The molecule has 0 bridgehead atoms. The third kappa shape index (κ3) is 9.53. The maximum atomic E-state index is 11.9. The second-order valence-corrected chi connectivity index (χ2v) is 6.57. The molecular weight excluding hydrogens is 360 g/mol. The van der Waals surface area contributed by atoms with Gasteiger partial charge in [-0.2, -0.15) is 8.42 Å². The fraction of sp³-hybridized carbons (Fsp3) is 0.600. The van der Waals surface area contributed by atoms with Crippen LogP contribution in [0.15, 0.2) is 29.2 Å². The van der Waals surface area contributed by atoms with Gasteiger partial charge in [-0.05, 0) is 19.1 Å². The van der Waals surface area contributed by atoms with Crippen LogP contribution in [0.1, 0.15) is 5.56 Å². The smallest absolute Gasteiger partial charge is 0.297 e. The second-order valence-electron chi connectivity index (χ2n) is 4.74. The van der Waals surface area contributed by atoms with Crippen molar-refractivity contribution in [3.63, 3.8) is 0 Å². The Labute approximate surface area is 148 Å². The predicted molar refractivity (Wildman–Crippen MR) is 88.6 cm³/mol. The Hall–Kier alpha value is -0.740. The summed E-state index contributed by atoms with van der Waals surface area (Å²) in [4.78, 5) is 0.135. The molecule has 0 aliphatic carbocycles. The van der Waals surface area contributed by atoms with Crippen molar-refractivity contribution in [2.24, 2.45) is 0 Å². The van der Waals surface area contributed by atoms with Crippen molar-refractivity contribution in [3.05, 3.63) is 29.8 Å². The number of ether oxygens (including phenoxy) is 3. The predicted octanol–water partition coefficient (Wildman–Crippen LogP) is 1.92. The molecule has 0 spiro atoms. The topological polar surface area (TPSA) is 80.3 Å². The van der Waals surface area contributed by atoms with Crippen molar-refractivity contribution in [1.82, 2.24) is 0 Å². The molecule has 0 unspecified atom stereocenters. The van der Waals surface area contributed by atoms with Gasteiger partial charge in [0.15, 0.2) is 0 Å². The van der Waals surface area contributed by atoms with Crippen LogP contribution in [-0.4, -0.2) is 61.3 Å². The summed E-state index contributed by atoms with van der Waals surface area (Å²) < 4.78 is 48.6. The van der Waals surface area contributed by atoms with E-state index >= 15 is 0 Å². The van der Waals surface area contributed by atoms with Gasteiger partial charge in [0.25, 0.3) is 10.1 Å². The number of hydrogen-bond acceptors (Lipinski definition) is 7. The summed E-state index contributed by atoms with van der Waals surface area (Å²) in [6.45, 7) is 4.36. The maximum Gasteiger partial charge on any atom is 0.297 e. The fourth-order valence-electron chi connectivity index (χ4n) is 1.61. The maximum absolute atomic E-state index is 11.9. The molecule has 0 radical (unpaired) electrons. The lowest BCUT2D eigenvalue weighted by Gasteiger charge is -2.08. The van der Waals surface area contributed by atoms with E-state index in [4.69, 9.17) is 30.3 Å². The first kappa shape index (κ1) is 21.3. The van der Waals surface area contributed by atoms with Crippen LogP contribution in [0, 0.1) is 6.92 Å². The molecule has 7 nitrogen and oxygen atoms in total. The first-order valence-electron chi connectivity index (χ1n) is 7.49. The highest BCUT2D eigenvalue weighted by Crippen LogP contribution is 2.12. The molecule has 0 atom stereocenters. The molecule has 0 saturated carbocycles. The lowest BCUT2D eigenvalue weighted by Crippen LogP contribution is -2.14. The molecule has 1 aromatic rings. The summed E-state index contributed by atoms with van der Waals surface area (Å²) in [5.41, 5.74) is 0.982. The van der Waals surface area contributed by atoms with Crippen molar-refractivity contribution < 1.29 is 31.1 Å². The minimum Gasteiger partial charge on any atom is -0.377 e. The monoisotopic (exact) mass is 382 g/mol. The van der Waals surface area contributed by atoms with Gasteiger partial charge in [0.05, 0.1) is 69.6 Å². The van der Waals surface area contributed by atoms with Gasteiger partial charge < -0.3 is 14.2 Å². The van der Waals surface area contributed by atoms with Gasteiger partial charge in [0, 0.05) is 0 Å². The summed E-state index contributed by atoms with van der Waals surface area (Å²) in [6, 6.07) is 6.47. The number of rotatable bonds is 14. The number of hydrogen-bond donors (Lipinski definition) is 0. The van der Waals surface area contributed by atoms with Gasteiger partial charge in [-0.25, -0.2) is 0 Å². The second kappa shape index (κ2) is 12.6. The molecule has 0 amide bonds. The van der Waals surface area contributed by atoms with Gasteiger partial charge in [-0.15, -0.1) is 0 Å². The lowest BCUT2D eigenvalue weighted by atomic mass is 10.2. The molecule has 0 aromatic heterocycles. The van der Waals surface area contributed by atoms with E-state index in [-0.39, 0.29) is 18.1 Å². The Morgan fingerprint density at radius 3 is 1.75 bits per heavy atom. The molecule has 24 heavy (non-hydrogen) atoms. The third-order valence-electron chi connectivity index (χ3n) is 2.82. The van der Waals surface area contributed by atoms with E-state index in [0.29, 0.717) is 39.6 Å². The van der Waals surface area contributed by atoms with Gasteiger partial charge in [0.2, 0.25) is 0 Å². The molecule has 9 heteroatoms. The van der Waals surface area contributed by atoms with Crippen LogP contribution in [0.25, 0.3) is 0 Å². The summed E-state index contributed by atoms with van der Waals surface area (Å²) >= 11 is 5.02. The number of halogens is 1. The molecule has 138 valence electrons. The number of aryl methyl sites for hydroxylation is 1. The highest BCUT2D eigenvalue weighted by Gasteiger charge is 2.14. The normalized spacial score (nSPS) is 11.8. The molecule has 0 aliphatic rings. The largest absolute Gasteiger partial charge is 0.377 e. The zero-order chi connectivity index (χ0) is 17.7. The molecule has 1 aromatic carbocycles. The molecule has 1 rings (SSSR count). The summed E-state index contributed by atoms with van der Waals surface area (Å²) in [5, 5.41) is 0. The minimum atomic E-state index is -3.74. The fourth-order valence-corrected chi connectivity index (χ4v) is 2.56. The van der Waals surface area contributed by atoms with Crippen molar-refractivity contribution in [2.75, 3.05) is 52.9 Å². The quantitative estimate of drug-likeness (QED) is 0.359. The van der Waals surface area contributed by atoms with Crippen LogP contribution in [-0.2, 0) is 32.8 Å². The van der Waals surface area contributed by atoms with Crippen LogP contribution in [0.5, 0.6) is 0 Å². The van der Waals surface area contributed by atoms with E-state index in [9.17, 15) is 8.42 Å².